The van der Waals surface area contributed by atoms with Crippen molar-refractivity contribution >= 4 is 39.1 Å². The Balaban J connectivity index is 1.94. The number of nitrogens with one attached hydrogen (secondary N) is 1. The van der Waals surface area contributed by atoms with E-state index in [4.69, 9.17) is 21.1 Å². The van der Waals surface area contributed by atoms with E-state index in [0.717, 1.165) is 5.69 Å². The van der Waals surface area contributed by atoms with Crippen molar-refractivity contribution in [1.29, 1.82) is 0 Å². The van der Waals surface area contributed by atoms with Gasteiger partial charge in [0.2, 0.25) is 0 Å². The zero-order chi connectivity index (χ0) is 19.4. The van der Waals surface area contributed by atoms with Gasteiger partial charge in [-0.1, -0.05) is 29.8 Å². The molecule has 1 aromatic heterocycles. The number of ether oxygens (including phenoxy) is 2. The number of carbonyl (C=O) groups is 1. The minimum atomic E-state index is -0.434. The van der Waals surface area contributed by atoms with Gasteiger partial charge in [0.15, 0.2) is 17.2 Å². The van der Waals surface area contributed by atoms with Crippen molar-refractivity contribution in [2.45, 2.75) is 6.92 Å². The van der Waals surface area contributed by atoms with E-state index in [9.17, 15) is 4.79 Å². The molecule has 27 heavy (non-hydrogen) atoms. The smallest absolute Gasteiger partial charge is 0.280 e. The van der Waals surface area contributed by atoms with Crippen LogP contribution in [0.3, 0.4) is 0 Å². The summed E-state index contributed by atoms with van der Waals surface area (Å²) in [5, 5.41) is 7.62. The molecule has 0 radical (unpaired) electrons. The van der Waals surface area contributed by atoms with Crippen molar-refractivity contribution in [3.63, 3.8) is 0 Å². The Morgan fingerprint density at radius 3 is 2.70 bits per heavy atom. The van der Waals surface area contributed by atoms with E-state index in [1.807, 2.05) is 37.3 Å². The molecular formula is C19H17BrClN3O3. The summed E-state index contributed by atoms with van der Waals surface area (Å²) < 4.78 is 13.2. The van der Waals surface area contributed by atoms with Crippen molar-refractivity contribution in [2.75, 3.05) is 19.0 Å². The monoisotopic (exact) mass is 449 g/mol. The first kappa shape index (κ1) is 19.3. The average molecular weight is 451 g/mol. The van der Waals surface area contributed by atoms with Gasteiger partial charge >= 0.3 is 0 Å². The Kier molecular flexibility index (Phi) is 6.03. The van der Waals surface area contributed by atoms with Crippen LogP contribution in [0.25, 0.3) is 5.69 Å². The average Bonchev–Trinajstić information content (AvgIpc) is 3.10. The summed E-state index contributed by atoms with van der Waals surface area (Å²) in [5.74, 6) is 0.420. The summed E-state index contributed by atoms with van der Waals surface area (Å²) in [6.07, 6.45) is 1.65. The highest BCUT2D eigenvalue weighted by Gasteiger charge is 2.21. The number of amides is 1. The molecule has 8 heteroatoms. The number of methoxy groups -OCH3 is 1. The number of benzene rings is 2. The number of para-hydroxylation sites is 1. The quantitative estimate of drug-likeness (QED) is 0.577. The van der Waals surface area contributed by atoms with E-state index in [1.54, 1.807) is 23.0 Å². The maximum Gasteiger partial charge on any atom is 0.280 e. The summed E-state index contributed by atoms with van der Waals surface area (Å²) >= 11 is 9.52. The maximum atomic E-state index is 12.8. The zero-order valence-corrected chi connectivity index (χ0v) is 17.0. The van der Waals surface area contributed by atoms with Gasteiger partial charge in [-0.3, -0.25) is 4.79 Å². The number of hydrogen-bond acceptors (Lipinski definition) is 4. The molecule has 6 nitrogen and oxygen atoms in total. The number of halogens is 2. The predicted octanol–water partition coefficient (Wildman–Crippen LogP) is 4.95. The number of carbonyl (C=O) groups excluding carboxylic acids is 1. The lowest BCUT2D eigenvalue weighted by Gasteiger charge is -2.13. The van der Waals surface area contributed by atoms with E-state index in [1.165, 1.54) is 7.11 Å². The van der Waals surface area contributed by atoms with Crippen LogP contribution in [-0.4, -0.2) is 29.4 Å². The fraction of sp³-hybridized carbons (Fsp3) is 0.158. The molecule has 1 N–H and O–H groups in total. The number of aromatic nitrogens is 2. The maximum absolute atomic E-state index is 12.8. The Labute approximate surface area is 170 Å². The molecule has 2 aromatic carbocycles. The van der Waals surface area contributed by atoms with Crippen molar-refractivity contribution in [3.8, 4) is 17.2 Å². The van der Waals surface area contributed by atoms with Crippen LogP contribution in [0.1, 0.15) is 17.4 Å². The minimum absolute atomic E-state index is 0.153. The Morgan fingerprint density at radius 2 is 2.04 bits per heavy atom. The first-order chi connectivity index (χ1) is 13.0. The van der Waals surface area contributed by atoms with Crippen molar-refractivity contribution in [3.05, 3.63) is 63.9 Å². The molecule has 3 aromatic rings. The first-order valence-electron chi connectivity index (χ1n) is 8.15. The topological polar surface area (TPSA) is 65.4 Å². The molecule has 0 aliphatic carbocycles. The minimum Gasteiger partial charge on any atom is -0.493 e. The standard InChI is InChI=1S/C19H17BrClN3O3/c1-3-27-18-14(20)9-12(21)10-15(18)22-19(25)17-16(26-2)11-24(23-17)13-7-5-4-6-8-13/h4-11H,3H2,1-2H3,(H,22,25). The Hall–Kier alpha value is -2.51. The normalized spacial score (nSPS) is 10.5. The summed E-state index contributed by atoms with van der Waals surface area (Å²) in [7, 11) is 1.49. The SMILES string of the molecule is CCOc1c(Br)cc(Cl)cc1NC(=O)c1nn(-c2ccccc2)cc1OC. The second kappa shape index (κ2) is 8.45. The molecule has 0 aliphatic heterocycles. The molecule has 0 bridgehead atoms. The van der Waals surface area contributed by atoms with Crippen molar-refractivity contribution in [2.24, 2.45) is 0 Å². The highest BCUT2D eigenvalue weighted by molar-refractivity contribution is 9.10. The van der Waals surface area contributed by atoms with Crippen LogP contribution in [0.4, 0.5) is 5.69 Å². The zero-order valence-electron chi connectivity index (χ0n) is 14.7. The van der Waals surface area contributed by atoms with Crippen LogP contribution in [0.15, 0.2) is 53.1 Å². The van der Waals surface area contributed by atoms with Crippen LogP contribution in [-0.2, 0) is 0 Å². The first-order valence-corrected chi connectivity index (χ1v) is 9.32. The van der Waals surface area contributed by atoms with E-state index in [0.29, 0.717) is 33.3 Å². The molecule has 0 unspecified atom stereocenters. The summed E-state index contributed by atoms with van der Waals surface area (Å²) in [6.45, 7) is 2.30. The Morgan fingerprint density at radius 1 is 1.30 bits per heavy atom. The number of rotatable bonds is 6. The van der Waals surface area contributed by atoms with Gasteiger partial charge in [-0.15, -0.1) is 0 Å². The molecule has 1 heterocycles. The number of anilines is 1. The molecule has 0 spiro atoms. The van der Waals surface area contributed by atoms with Crippen LogP contribution in [0.5, 0.6) is 11.5 Å². The molecule has 1 amide bonds. The van der Waals surface area contributed by atoms with Gasteiger partial charge in [-0.25, -0.2) is 4.68 Å². The molecular weight excluding hydrogens is 434 g/mol. The number of hydrogen-bond donors (Lipinski definition) is 1. The molecule has 0 fully saturated rings. The molecule has 3 rings (SSSR count). The van der Waals surface area contributed by atoms with Crippen molar-refractivity contribution < 1.29 is 14.3 Å². The number of nitrogens with zero attached hydrogens (tertiary/aromatic N) is 2. The van der Waals surface area contributed by atoms with E-state index >= 15 is 0 Å². The van der Waals surface area contributed by atoms with E-state index in [2.05, 4.69) is 26.3 Å². The van der Waals surface area contributed by atoms with Gasteiger partial charge in [0.25, 0.3) is 5.91 Å². The predicted molar refractivity (Wildman–Crippen MR) is 108 cm³/mol. The second-order valence-corrected chi connectivity index (χ2v) is 6.77. The fourth-order valence-electron chi connectivity index (χ4n) is 2.50. The molecule has 0 saturated heterocycles. The highest BCUT2D eigenvalue weighted by atomic mass is 79.9. The molecule has 140 valence electrons. The van der Waals surface area contributed by atoms with E-state index < -0.39 is 5.91 Å². The van der Waals surface area contributed by atoms with Gasteiger partial charge in [0.05, 0.1) is 35.8 Å². The van der Waals surface area contributed by atoms with Gasteiger partial charge in [0, 0.05) is 5.02 Å². The summed E-state index contributed by atoms with van der Waals surface area (Å²) in [5.41, 5.74) is 1.41. The third-order valence-electron chi connectivity index (χ3n) is 3.68. The van der Waals surface area contributed by atoms with Crippen LogP contribution < -0.4 is 14.8 Å². The van der Waals surface area contributed by atoms with Crippen molar-refractivity contribution in [1.82, 2.24) is 9.78 Å². The molecule has 0 aliphatic rings. The summed E-state index contributed by atoms with van der Waals surface area (Å²) in [6, 6.07) is 12.8. The van der Waals surface area contributed by atoms with Crippen LogP contribution >= 0.6 is 27.5 Å². The highest BCUT2D eigenvalue weighted by Crippen LogP contribution is 2.37. The lowest BCUT2D eigenvalue weighted by Crippen LogP contribution is -2.15. The molecule has 0 atom stereocenters. The van der Waals surface area contributed by atoms with Gasteiger partial charge in [-0.05, 0) is 47.1 Å². The van der Waals surface area contributed by atoms with Gasteiger partial charge < -0.3 is 14.8 Å². The Bertz CT molecular complexity index is 960. The van der Waals surface area contributed by atoms with Crippen LogP contribution in [0.2, 0.25) is 5.02 Å². The second-order valence-electron chi connectivity index (χ2n) is 5.48. The van der Waals surface area contributed by atoms with Gasteiger partial charge in [0.1, 0.15) is 0 Å². The van der Waals surface area contributed by atoms with E-state index in [-0.39, 0.29) is 5.69 Å². The summed E-state index contributed by atoms with van der Waals surface area (Å²) in [4.78, 5) is 12.8. The largest absolute Gasteiger partial charge is 0.493 e. The third-order valence-corrected chi connectivity index (χ3v) is 4.49. The van der Waals surface area contributed by atoms with Gasteiger partial charge in [-0.2, -0.15) is 5.10 Å². The van der Waals surface area contributed by atoms with Crippen LogP contribution in [0, 0.1) is 0 Å². The molecule has 0 saturated carbocycles. The third kappa shape index (κ3) is 4.26. The fourth-order valence-corrected chi connectivity index (χ4v) is 3.43. The lowest BCUT2D eigenvalue weighted by molar-refractivity contribution is 0.101. The lowest BCUT2D eigenvalue weighted by atomic mass is 10.2.